The highest BCUT2D eigenvalue weighted by Gasteiger charge is 2.39. The molecule has 1 aromatic heterocycles. The molecule has 6 heteroatoms. The van der Waals surface area contributed by atoms with Gasteiger partial charge in [0.1, 0.15) is 0 Å². The average molecular weight is 333 g/mol. The number of hydrogen-bond donors (Lipinski definition) is 2. The number of halogens is 1. The van der Waals surface area contributed by atoms with Crippen molar-refractivity contribution in [3.63, 3.8) is 0 Å². The van der Waals surface area contributed by atoms with E-state index >= 15 is 0 Å². The molecule has 3 atom stereocenters. The highest BCUT2D eigenvalue weighted by Crippen LogP contribution is 2.41. The van der Waals surface area contributed by atoms with Crippen LogP contribution in [0.1, 0.15) is 42.1 Å². The molecular weight excluding hydrogens is 312 g/mol. The Balaban J connectivity index is 1.54. The largest absolute Gasteiger partial charge is 0.335 e. The molecule has 0 aliphatic heterocycles. The van der Waals surface area contributed by atoms with Crippen LogP contribution in [0.5, 0.6) is 0 Å². The Hall–Kier alpha value is -2.01. The zero-order chi connectivity index (χ0) is 16.6. The Labute approximate surface area is 141 Å². The van der Waals surface area contributed by atoms with Crippen LogP contribution >= 0.6 is 11.6 Å². The minimum absolute atomic E-state index is 0.0768. The van der Waals surface area contributed by atoms with E-state index in [0.717, 1.165) is 22.7 Å². The number of nitrogens with zero attached hydrogens (tertiary/aromatic N) is 2. The summed E-state index contributed by atoms with van der Waals surface area (Å²) in [5.41, 5.74) is 3.15. The molecule has 1 aliphatic carbocycles. The minimum atomic E-state index is -0.143. The lowest BCUT2D eigenvalue weighted by Crippen LogP contribution is -2.38. The second-order valence-corrected chi connectivity index (χ2v) is 6.62. The maximum absolute atomic E-state index is 12.2. The summed E-state index contributed by atoms with van der Waals surface area (Å²) in [6, 6.07) is 7.78. The summed E-state index contributed by atoms with van der Waals surface area (Å²) >= 11 is 6.02. The van der Waals surface area contributed by atoms with E-state index in [1.165, 1.54) is 5.56 Å². The highest BCUT2D eigenvalue weighted by molar-refractivity contribution is 6.30. The van der Waals surface area contributed by atoms with E-state index in [2.05, 4.69) is 21.8 Å². The smallest absolute Gasteiger partial charge is 0.315 e. The molecule has 0 spiro atoms. The number of carbonyl (C=O) groups is 1. The summed E-state index contributed by atoms with van der Waals surface area (Å²) < 4.78 is 1.76. The summed E-state index contributed by atoms with van der Waals surface area (Å²) in [5, 5.41) is 11.0. The number of carbonyl (C=O) groups excluding carboxylic acids is 1. The van der Waals surface area contributed by atoms with Gasteiger partial charge in [-0.15, -0.1) is 0 Å². The van der Waals surface area contributed by atoms with Crippen molar-refractivity contribution in [3.8, 4) is 0 Å². The number of benzene rings is 1. The molecule has 0 bridgehead atoms. The van der Waals surface area contributed by atoms with Crippen LogP contribution in [0.2, 0.25) is 5.02 Å². The predicted octanol–water partition coefficient (Wildman–Crippen LogP) is 3.30. The van der Waals surface area contributed by atoms with Crippen molar-refractivity contribution in [2.75, 3.05) is 0 Å². The number of amides is 2. The van der Waals surface area contributed by atoms with Crippen LogP contribution < -0.4 is 10.6 Å². The van der Waals surface area contributed by atoms with Crippen molar-refractivity contribution in [3.05, 3.63) is 52.3 Å². The van der Waals surface area contributed by atoms with Crippen molar-refractivity contribution in [2.24, 2.45) is 7.05 Å². The molecule has 1 aromatic carbocycles. The number of hydrogen-bond acceptors (Lipinski definition) is 2. The summed E-state index contributed by atoms with van der Waals surface area (Å²) in [6.07, 6.45) is 2.89. The van der Waals surface area contributed by atoms with Gasteiger partial charge in [0.2, 0.25) is 0 Å². The van der Waals surface area contributed by atoms with Crippen molar-refractivity contribution >= 4 is 17.6 Å². The van der Waals surface area contributed by atoms with Crippen molar-refractivity contribution in [2.45, 2.75) is 38.3 Å². The van der Waals surface area contributed by atoms with E-state index in [0.29, 0.717) is 5.92 Å². The Morgan fingerprint density at radius 3 is 2.91 bits per heavy atom. The van der Waals surface area contributed by atoms with E-state index < -0.39 is 0 Å². The van der Waals surface area contributed by atoms with Gasteiger partial charge in [-0.25, -0.2) is 4.79 Å². The number of aromatic nitrogens is 2. The highest BCUT2D eigenvalue weighted by atomic mass is 35.5. The van der Waals surface area contributed by atoms with E-state index in [4.69, 9.17) is 11.6 Å². The van der Waals surface area contributed by atoms with Gasteiger partial charge in [-0.2, -0.15) is 5.10 Å². The van der Waals surface area contributed by atoms with Crippen LogP contribution in [-0.4, -0.2) is 21.9 Å². The number of urea groups is 1. The summed E-state index contributed by atoms with van der Waals surface area (Å²) in [6.45, 7) is 3.91. The van der Waals surface area contributed by atoms with Gasteiger partial charge < -0.3 is 10.6 Å². The maximum atomic E-state index is 12.2. The monoisotopic (exact) mass is 332 g/mol. The van der Waals surface area contributed by atoms with Gasteiger partial charge in [0.15, 0.2) is 0 Å². The molecular formula is C17H21ClN4O. The van der Waals surface area contributed by atoms with E-state index in [1.54, 1.807) is 4.68 Å². The third kappa shape index (κ3) is 3.67. The Kier molecular flexibility index (Phi) is 4.31. The van der Waals surface area contributed by atoms with Crippen LogP contribution in [0.15, 0.2) is 30.5 Å². The minimum Gasteiger partial charge on any atom is -0.335 e. The number of nitrogens with one attached hydrogen (secondary N) is 2. The Morgan fingerprint density at radius 1 is 1.48 bits per heavy atom. The fourth-order valence-corrected chi connectivity index (χ4v) is 3.19. The van der Waals surface area contributed by atoms with Crippen LogP contribution in [0.4, 0.5) is 4.79 Å². The zero-order valence-electron chi connectivity index (χ0n) is 13.5. The molecule has 2 aromatic rings. The summed E-state index contributed by atoms with van der Waals surface area (Å²) in [7, 11) is 1.88. The quantitative estimate of drug-likeness (QED) is 0.902. The first-order valence-electron chi connectivity index (χ1n) is 7.76. The van der Waals surface area contributed by atoms with Gasteiger partial charge >= 0.3 is 6.03 Å². The van der Waals surface area contributed by atoms with Gasteiger partial charge in [-0.1, -0.05) is 23.7 Å². The molecule has 2 N–H and O–H groups in total. The number of rotatable bonds is 4. The van der Waals surface area contributed by atoms with Crippen molar-refractivity contribution < 1.29 is 4.79 Å². The molecule has 1 aliphatic rings. The normalized spacial score (nSPS) is 20.9. The average Bonchev–Trinajstić information content (AvgIpc) is 3.14. The fraction of sp³-hybridized carbons (Fsp3) is 0.412. The molecule has 1 fully saturated rings. The van der Waals surface area contributed by atoms with Crippen molar-refractivity contribution in [1.82, 2.24) is 20.4 Å². The first-order chi connectivity index (χ1) is 10.9. The first-order valence-corrected chi connectivity index (χ1v) is 8.14. The first kappa shape index (κ1) is 15.9. The molecule has 1 saturated carbocycles. The molecule has 0 saturated heterocycles. The standard InChI is InChI=1S/C17H21ClN4O/c1-10(15-9-22(3)21-11(15)2)19-17(23)20-16-8-14(16)12-5-4-6-13(18)7-12/h4-7,9-10,14,16H,8H2,1-3H3,(H2,19,20,23)/t10-,14+,16-/m0/s1. The molecule has 1 heterocycles. The van der Waals surface area contributed by atoms with E-state index in [9.17, 15) is 4.79 Å². The van der Waals surface area contributed by atoms with E-state index in [-0.39, 0.29) is 18.1 Å². The van der Waals surface area contributed by atoms with E-state index in [1.807, 2.05) is 45.3 Å². The predicted molar refractivity (Wildman–Crippen MR) is 90.6 cm³/mol. The maximum Gasteiger partial charge on any atom is 0.315 e. The molecule has 122 valence electrons. The third-order valence-electron chi connectivity index (χ3n) is 4.25. The molecule has 5 nitrogen and oxygen atoms in total. The van der Waals surface area contributed by atoms with Crippen LogP contribution in [0, 0.1) is 6.92 Å². The SMILES string of the molecule is Cc1nn(C)cc1[C@H](C)NC(=O)N[C@H]1C[C@@H]1c1cccc(Cl)c1. The van der Waals surface area contributed by atoms with Gasteiger partial charge in [0.25, 0.3) is 0 Å². The lowest BCUT2D eigenvalue weighted by Gasteiger charge is -2.14. The molecule has 0 unspecified atom stereocenters. The summed E-state index contributed by atoms with van der Waals surface area (Å²) in [4.78, 5) is 12.2. The van der Waals surface area contributed by atoms with Gasteiger partial charge in [0, 0.05) is 35.8 Å². The Morgan fingerprint density at radius 2 is 2.26 bits per heavy atom. The lowest BCUT2D eigenvalue weighted by molar-refractivity contribution is 0.237. The molecule has 0 radical (unpaired) electrons. The molecule has 2 amide bonds. The topological polar surface area (TPSA) is 59.0 Å². The van der Waals surface area contributed by atoms with Crippen molar-refractivity contribution in [1.29, 1.82) is 0 Å². The fourth-order valence-electron chi connectivity index (χ4n) is 2.99. The van der Waals surface area contributed by atoms with Gasteiger partial charge in [-0.05, 0) is 38.0 Å². The van der Waals surface area contributed by atoms with Crippen LogP contribution in [0.25, 0.3) is 0 Å². The molecule has 23 heavy (non-hydrogen) atoms. The number of aryl methyl sites for hydroxylation is 2. The van der Waals surface area contributed by atoms with Gasteiger partial charge in [0.05, 0.1) is 11.7 Å². The molecule has 3 rings (SSSR count). The lowest BCUT2D eigenvalue weighted by atomic mass is 10.1. The Bertz CT molecular complexity index is 727. The third-order valence-corrected chi connectivity index (χ3v) is 4.48. The van der Waals surface area contributed by atoms with Crippen LogP contribution in [-0.2, 0) is 7.05 Å². The second-order valence-electron chi connectivity index (χ2n) is 6.19. The second kappa shape index (κ2) is 6.24. The zero-order valence-corrected chi connectivity index (χ0v) is 14.3. The van der Waals surface area contributed by atoms with Gasteiger partial charge in [-0.3, -0.25) is 4.68 Å². The summed E-state index contributed by atoms with van der Waals surface area (Å²) in [5.74, 6) is 0.356. The van der Waals surface area contributed by atoms with Crippen LogP contribution in [0.3, 0.4) is 0 Å².